The molecule has 0 aliphatic carbocycles. The standard InChI is InChI=1S/C8H7BrN2OS/c1-4-5(2)13-3-6(4)7-10-11-8(9)12-7/h3H,1-2H3. The molecule has 0 saturated heterocycles. The van der Waals surface area contributed by atoms with Gasteiger partial charge in [-0.05, 0) is 19.4 Å². The molecule has 5 heteroatoms. The summed E-state index contributed by atoms with van der Waals surface area (Å²) in [6, 6.07) is 0. The van der Waals surface area contributed by atoms with Crippen LogP contribution in [0.25, 0.3) is 11.5 Å². The van der Waals surface area contributed by atoms with Gasteiger partial charge in [0.15, 0.2) is 0 Å². The van der Waals surface area contributed by atoms with Gasteiger partial charge in [0.2, 0.25) is 5.89 Å². The SMILES string of the molecule is Cc1scc(-c2nnc(Br)o2)c1C. The van der Waals surface area contributed by atoms with Crippen molar-refractivity contribution in [3.63, 3.8) is 0 Å². The Bertz CT molecular complexity index is 435. The van der Waals surface area contributed by atoms with Crippen molar-refractivity contribution < 1.29 is 4.42 Å². The minimum atomic E-state index is 0.422. The maximum absolute atomic E-state index is 5.26. The molecule has 0 amide bonds. The lowest BCUT2D eigenvalue weighted by molar-refractivity contribution is 0.540. The maximum atomic E-state index is 5.26. The molecule has 0 aromatic carbocycles. The van der Waals surface area contributed by atoms with Crippen molar-refractivity contribution in [1.29, 1.82) is 0 Å². The summed E-state index contributed by atoms with van der Waals surface area (Å²) in [6.45, 7) is 4.13. The smallest absolute Gasteiger partial charge is 0.285 e. The third-order valence-corrected chi connectivity index (χ3v) is 3.25. The Labute approximate surface area is 87.9 Å². The van der Waals surface area contributed by atoms with E-state index in [1.54, 1.807) is 11.3 Å². The quantitative estimate of drug-likeness (QED) is 0.789. The predicted molar refractivity (Wildman–Crippen MR) is 54.8 cm³/mol. The summed E-state index contributed by atoms with van der Waals surface area (Å²) in [5.74, 6) is 0.578. The van der Waals surface area contributed by atoms with E-state index in [4.69, 9.17) is 4.42 Å². The number of thiophene rings is 1. The van der Waals surface area contributed by atoms with Crippen LogP contribution in [-0.4, -0.2) is 10.2 Å². The van der Waals surface area contributed by atoms with Crippen molar-refractivity contribution in [3.05, 3.63) is 20.6 Å². The first kappa shape index (κ1) is 8.90. The minimum absolute atomic E-state index is 0.422. The third-order valence-electron chi connectivity index (χ3n) is 1.92. The Kier molecular flexibility index (Phi) is 2.21. The second kappa shape index (κ2) is 3.23. The summed E-state index contributed by atoms with van der Waals surface area (Å²) in [6.07, 6.45) is 0. The first-order valence-electron chi connectivity index (χ1n) is 3.72. The molecule has 0 unspecified atom stereocenters. The van der Waals surface area contributed by atoms with Crippen molar-refractivity contribution in [2.45, 2.75) is 13.8 Å². The molecule has 0 atom stereocenters. The molecule has 2 rings (SSSR count). The zero-order valence-electron chi connectivity index (χ0n) is 7.17. The highest BCUT2D eigenvalue weighted by Crippen LogP contribution is 2.30. The molecule has 68 valence electrons. The highest BCUT2D eigenvalue weighted by molar-refractivity contribution is 9.10. The molecule has 0 fully saturated rings. The number of aryl methyl sites for hydroxylation is 1. The lowest BCUT2D eigenvalue weighted by Gasteiger charge is -1.91. The van der Waals surface area contributed by atoms with E-state index in [2.05, 4.69) is 40.0 Å². The molecule has 0 N–H and O–H groups in total. The molecule has 0 spiro atoms. The molecular formula is C8H7BrN2OS. The fraction of sp³-hybridized carbons (Fsp3) is 0.250. The number of aromatic nitrogens is 2. The molecular weight excluding hydrogens is 252 g/mol. The van der Waals surface area contributed by atoms with Crippen LogP contribution >= 0.6 is 27.3 Å². The van der Waals surface area contributed by atoms with Crippen LogP contribution in [0.1, 0.15) is 10.4 Å². The molecule has 2 aromatic heterocycles. The number of halogens is 1. The highest BCUT2D eigenvalue weighted by Gasteiger charge is 2.12. The molecule has 0 saturated carbocycles. The lowest BCUT2D eigenvalue weighted by atomic mass is 10.2. The Hall–Kier alpha value is -0.680. The van der Waals surface area contributed by atoms with E-state index in [-0.39, 0.29) is 0 Å². The van der Waals surface area contributed by atoms with Crippen molar-refractivity contribution in [2.24, 2.45) is 0 Å². The van der Waals surface area contributed by atoms with Gasteiger partial charge in [-0.2, -0.15) is 0 Å². The van der Waals surface area contributed by atoms with E-state index >= 15 is 0 Å². The first-order chi connectivity index (χ1) is 6.18. The van der Waals surface area contributed by atoms with Crippen LogP contribution in [0.4, 0.5) is 0 Å². The van der Waals surface area contributed by atoms with Crippen molar-refractivity contribution in [3.8, 4) is 11.5 Å². The van der Waals surface area contributed by atoms with Gasteiger partial charge in [0, 0.05) is 26.2 Å². The Morgan fingerprint density at radius 2 is 2.15 bits per heavy atom. The monoisotopic (exact) mass is 258 g/mol. The van der Waals surface area contributed by atoms with E-state index in [0.29, 0.717) is 10.7 Å². The molecule has 2 heterocycles. The van der Waals surface area contributed by atoms with Crippen LogP contribution in [0, 0.1) is 13.8 Å². The predicted octanol–water partition coefficient (Wildman–Crippen LogP) is 3.18. The van der Waals surface area contributed by atoms with Gasteiger partial charge < -0.3 is 4.42 Å². The topological polar surface area (TPSA) is 38.9 Å². The van der Waals surface area contributed by atoms with Crippen LogP contribution in [-0.2, 0) is 0 Å². The molecule has 3 nitrogen and oxygen atoms in total. The number of hydrogen-bond acceptors (Lipinski definition) is 4. The molecule has 0 radical (unpaired) electrons. The molecule has 13 heavy (non-hydrogen) atoms. The van der Waals surface area contributed by atoms with Gasteiger partial charge in [-0.25, -0.2) is 0 Å². The van der Waals surface area contributed by atoms with Crippen LogP contribution < -0.4 is 0 Å². The van der Waals surface area contributed by atoms with Gasteiger partial charge >= 0.3 is 0 Å². The number of hydrogen-bond donors (Lipinski definition) is 0. The normalized spacial score (nSPS) is 10.7. The summed E-state index contributed by atoms with van der Waals surface area (Å²) in [5, 5.41) is 9.68. The Morgan fingerprint density at radius 1 is 1.38 bits per heavy atom. The van der Waals surface area contributed by atoms with Crippen LogP contribution in [0.5, 0.6) is 0 Å². The fourth-order valence-electron chi connectivity index (χ4n) is 1.04. The number of rotatable bonds is 1. The van der Waals surface area contributed by atoms with Gasteiger partial charge in [-0.1, -0.05) is 0 Å². The Morgan fingerprint density at radius 3 is 2.62 bits per heavy atom. The van der Waals surface area contributed by atoms with Gasteiger partial charge in [0.05, 0.1) is 5.56 Å². The highest BCUT2D eigenvalue weighted by atomic mass is 79.9. The average Bonchev–Trinajstić information content (AvgIpc) is 2.62. The first-order valence-corrected chi connectivity index (χ1v) is 5.40. The average molecular weight is 259 g/mol. The van der Waals surface area contributed by atoms with Gasteiger partial charge in [-0.15, -0.1) is 21.5 Å². The fourth-order valence-corrected chi connectivity index (χ4v) is 2.13. The molecule has 2 aromatic rings. The third kappa shape index (κ3) is 1.53. The van der Waals surface area contributed by atoms with Crippen molar-refractivity contribution >= 4 is 27.3 Å². The molecule has 0 bridgehead atoms. The summed E-state index contributed by atoms with van der Waals surface area (Å²) in [7, 11) is 0. The van der Waals surface area contributed by atoms with Gasteiger partial charge in [0.25, 0.3) is 4.80 Å². The van der Waals surface area contributed by atoms with Crippen molar-refractivity contribution in [2.75, 3.05) is 0 Å². The minimum Gasteiger partial charge on any atom is -0.411 e. The van der Waals surface area contributed by atoms with E-state index in [1.807, 2.05) is 5.38 Å². The zero-order chi connectivity index (χ0) is 9.42. The number of nitrogens with zero attached hydrogens (tertiary/aromatic N) is 2. The second-order valence-electron chi connectivity index (χ2n) is 2.69. The zero-order valence-corrected chi connectivity index (χ0v) is 9.57. The summed E-state index contributed by atoms with van der Waals surface area (Å²) in [5.41, 5.74) is 2.24. The van der Waals surface area contributed by atoms with Gasteiger partial charge in [-0.3, -0.25) is 0 Å². The lowest BCUT2D eigenvalue weighted by Crippen LogP contribution is -1.78. The van der Waals surface area contributed by atoms with Crippen LogP contribution in [0.2, 0.25) is 0 Å². The van der Waals surface area contributed by atoms with E-state index in [1.165, 1.54) is 10.4 Å². The van der Waals surface area contributed by atoms with Crippen LogP contribution in [0.15, 0.2) is 14.6 Å². The van der Waals surface area contributed by atoms with E-state index < -0.39 is 0 Å². The second-order valence-corrected chi connectivity index (χ2v) is 4.45. The van der Waals surface area contributed by atoms with Crippen molar-refractivity contribution in [1.82, 2.24) is 10.2 Å². The summed E-state index contributed by atoms with van der Waals surface area (Å²) < 4.78 is 5.26. The van der Waals surface area contributed by atoms with E-state index in [9.17, 15) is 0 Å². The summed E-state index contributed by atoms with van der Waals surface area (Å²) >= 11 is 4.82. The van der Waals surface area contributed by atoms with E-state index in [0.717, 1.165) is 5.56 Å². The molecule has 0 aliphatic heterocycles. The van der Waals surface area contributed by atoms with Crippen LogP contribution in [0.3, 0.4) is 0 Å². The largest absolute Gasteiger partial charge is 0.411 e. The molecule has 0 aliphatic rings. The maximum Gasteiger partial charge on any atom is 0.285 e. The Balaban J connectivity index is 2.52. The summed E-state index contributed by atoms with van der Waals surface area (Å²) in [4.78, 5) is 1.70. The van der Waals surface area contributed by atoms with Gasteiger partial charge in [0.1, 0.15) is 0 Å².